The molecule has 2 atom stereocenters. The summed E-state index contributed by atoms with van der Waals surface area (Å²) in [6, 6.07) is 12.2. The van der Waals surface area contributed by atoms with Crippen LogP contribution in [-0.2, 0) is 4.79 Å². The van der Waals surface area contributed by atoms with Crippen LogP contribution in [-0.4, -0.2) is 62.1 Å². The van der Waals surface area contributed by atoms with Crippen LogP contribution >= 0.6 is 0 Å². The molecule has 0 saturated carbocycles. The summed E-state index contributed by atoms with van der Waals surface area (Å²) >= 11 is 0. The number of benzene rings is 1. The highest BCUT2D eigenvalue weighted by Gasteiger charge is 2.35. The lowest BCUT2D eigenvalue weighted by Gasteiger charge is -2.43. The van der Waals surface area contributed by atoms with Crippen LogP contribution in [0.1, 0.15) is 26.7 Å². The van der Waals surface area contributed by atoms with Gasteiger partial charge in [-0.25, -0.2) is 4.98 Å². The normalized spacial score (nSPS) is 19.3. The Hall–Kier alpha value is -3.06. The minimum absolute atomic E-state index is 0.186. The number of nitrogens with zero attached hydrogens (tertiary/aromatic N) is 4. The highest BCUT2D eigenvalue weighted by atomic mass is 16.1. The third-order valence-electron chi connectivity index (χ3n) is 6.98. The average Bonchev–Trinajstić information content (AvgIpc) is 3.22. The minimum atomic E-state index is -0.186. The van der Waals surface area contributed by atoms with E-state index in [0.29, 0.717) is 0 Å². The van der Waals surface area contributed by atoms with Gasteiger partial charge in [-0.2, -0.15) is 0 Å². The molecule has 7 nitrogen and oxygen atoms in total. The first-order valence-corrected chi connectivity index (χ1v) is 11.5. The van der Waals surface area contributed by atoms with Gasteiger partial charge in [0.15, 0.2) is 11.5 Å². The molecule has 0 bridgehead atoms. The Bertz CT molecular complexity index is 1090. The van der Waals surface area contributed by atoms with Gasteiger partial charge in [0.05, 0.1) is 26.7 Å². The third kappa shape index (κ3) is 4.05. The lowest BCUT2D eigenvalue weighted by Crippen LogP contribution is -2.52. The number of nitrogens with one attached hydrogen (secondary N) is 1. The van der Waals surface area contributed by atoms with Gasteiger partial charge in [-0.05, 0) is 57.0 Å². The molecule has 1 saturated heterocycles. The number of nitrogens with two attached hydrogens (primary N) is 1. The molecule has 0 radical (unpaired) electrons. The Morgan fingerprint density at radius 2 is 2.09 bits per heavy atom. The average molecular weight is 436 g/mol. The second-order valence-corrected chi connectivity index (χ2v) is 9.21. The molecule has 1 aromatic carbocycles. The fourth-order valence-corrected chi connectivity index (χ4v) is 4.81. The van der Waals surface area contributed by atoms with Crippen LogP contribution in [0.25, 0.3) is 10.9 Å². The number of carbonyl (C=O) groups is 1. The molecule has 3 heterocycles. The van der Waals surface area contributed by atoms with Crippen LogP contribution in [0.5, 0.6) is 0 Å². The molecule has 32 heavy (non-hydrogen) atoms. The summed E-state index contributed by atoms with van der Waals surface area (Å²) in [4.78, 5) is 25.0. The highest BCUT2D eigenvalue weighted by Crippen LogP contribution is 2.35. The summed E-state index contributed by atoms with van der Waals surface area (Å²) in [5.41, 5.74) is 8.94. The quantitative estimate of drug-likeness (QED) is 0.335. The highest BCUT2D eigenvalue weighted by molar-refractivity contribution is 5.87. The Kier molecular flexibility index (Phi) is 6.11. The van der Waals surface area contributed by atoms with Crippen molar-refractivity contribution < 1.29 is 4.79 Å². The number of H-pyrrole nitrogens is 1. The number of aromatic nitrogens is 2. The van der Waals surface area contributed by atoms with Crippen molar-refractivity contribution in [1.82, 2.24) is 14.5 Å². The van der Waals surface area contributed by atoms with E-state index in [1.807, 2.05) is 30.5 Å². The predicted molar refractivity (Wildman–Crippen MR) is 134 cm³/mol. The van der Waals surface area contributed by atoms with E-state index in [1.54, 1.807) is 0 Å². The van der Waals surface area contributed by atoms with E-state index in [4.69, 9.17) is 10.7 Å². The molecule has 0 aliphatic carbocycles. The number of nitrogen functional groups attached to an aromatic ring is 1. The van der Waals surface area contributed by atoms with Gasteiger partial charge >= 0.3 is 0 Å². The number of piperidine rings is 1. The van der Waals surface area contributed by atoms with E-state index in [0.717, 1.165) is 71.5 Å². The smallest absolute Gasteiger partial charge is 0.191 e. The maximum absolute atomic E-state index is 12.2. The van der Waals surface area contributed by atoms with Crippen molar-refractivity contribution in [1.29, 1.82) is 0 Å². The van der Waals surface area contributed by atoms with Crippen LogP contribution < -0.4 is 20.0 Å². The topological polar surface area (TPSA) is 78.2 Å². The number of quaternary nitrogens is 1. The Balaban J connectivity index is 1.60. The summed E-state index contributed by atoms with van der Waals surface area (Å²) in [6.45, 7) is 7.02. The maximum atomic E-state index is 12.2. The second-order valence-electron chi connectivity index (χ2n) is 9.21. The van der Waals surface area contributed by atoms with Crippen molar-refractivity contribution in [3.05, 3.63) is 42.6 Å². The van der Waals surface area contributed by atoms with Gasteiger partial charge in [0.25, 0.3) is 0 Å². The summed E-state index contributed by atoms with van der Waals surface area (Å²) in [5.74, 6) is 2.01. The van der Waals surface area contributed by atoms with Crippen LogP contribution in [0, 0.1) is 0 Å². The van der Waals surface area contributed by atoms with E-state index in [9.17, 15) is 4.79 Å². The molecule has 1 fully saturated rings. The van der Waals surface area contributed by atoms with Crippen molar-refractivity contribution >= 4 is 40.2 Å². The fraction of sp³-hybridized carbons (Fsp3) is 0.440. The summed E-state index contributed by atoms with van der Waals surface area (Å²) in [6.07, 6.45) is 4.70. The van der Waals surface area contributed by atoms with Crippen molar-refractivity contribution in [3.8, 4) is 0 Å². The Labute approximate surface area is 190 Å². The summed E-state index contributed by atoms with van der Waals surface area (Å²) in [5, 5.41) is 1.07. The molecular weight excluding hydrogens is 400 g/mol. The SMILES string of the molecule is CCN(c1ncccc1[N+](C)(C)CC)C1CCN(c2cc3cc(N)ccc3[nH]2)C(C=O)C1. The Morgan fingerprint density at radius 3 is 2.81 bits per heavy atom. The molecule has 2 unspecified atom stereocenters. The van der Waals surface area contributed by atoms with Crippen molar-refractivity contribution in [2.75, 3.05) is 49.3 Å². The van der Waals surface area contributed by atoms with Gasteiger partial charge in [0, 0.05) is 48.0 Å². The first-order valence-electron chi connectivity index (χ1n) is 11.5. The predicted octanol–water partition coefficient (Wildman–Crippen LogP) is 3.79. The largest absolute Gasteiger partial charge is 0.399 e. The monoisotopic (exact) mass is 435 g/mol. The minimum Gasteiger partial charge on any atom is -0.399 e. The number of aromatic amines is 1. The second kappa shape index (κ2) is 8.82. The van der Waals surface area contributed by atoms with Crippen LogP contribution in [0.4, 0.5) is 23.0 Å². The molecule has 2 aromatic heterocycles. The zero-order valence-corrected chi connectivity index (χ0v) is 19.6. The molecular formula is C25H35N6O+. The number of anilines is 3. The van der Waals surface area contributed by atoms with Crippen molar-refractivity contribution in [3.63, 3.8) is 0 Å². The standard InChI is InChI=1S/C25H35N6O/c1-5-29(25-23(8-7-12-27-25)31(3,4)6-2)20-11-13-30(21(16-20)17-32)24-15-18-14-19(26)9-10-22(18)28-24/h7-10,12,14-15,17,20-21,28H,5-6,11,13,16,26H2,1-4H3/q+1. The zero-order valence-electron chi connectivity index (χ0n) is 19.6. The lowest BCUT2D eigenvalue weighted by atomic mass is 9.96. The molecule has 0 spiro atoms. The van der Waals surface area contributed by atoms with E-state index < -0.39 is 0 Å². The Morgan fingerprint density at radius 1 is 1.28 bits per heavy atom. The van der Waals surface area contributed by atoms with E-state index in [-0.39, 0.29) is 12.1 Å². The summed E-state index contributed by atoms with van der Waals surface area (Å²) < 4.78 is 0.772. The van der Waals surface area contributed by atoms with Crippen LogP contribution in [0.15, 0.2) is 42.6 Å². The summed E-state index contributed by atoms with van der Waals surface area (Å²) in [7, 11) is 4.43. The number of carbonyl (C=O) groups excluding carboxylic acids is 1. The number of aldehydes is 1. The lowest BCUT2D eigenvalue weighted by molar-refractivity contribution is -0.109. The van der Waals surface area contributed by atoms with Gasteiger partial charge < -0.3 is 25.3 Å². The maximum Gasteiger partial charge on any atom is 0.191 e. The van der Waals surface area contributed by atoms with E-state index >= 15 is 0 Å². The van der Waals surface area contributed by atoms with Crippen LogP contribution in [0.3, 0.4) is 0 Å². The number of hydrogen-bond acceptors (Lipinski definition) is 5. The first kappa shape index (κ1) is 22.1. The fourth-order valence-electron chi connectivity index (χ4n) is 4.81. The molecule has 7 heteroatoms. The molecule has 170 valence electrons. The molecule has 1 aliphatic heterocycles. The first-order chi connectivity index (χ1) is 15.4. The molecule has 4 rings (SSSR count). The molecule has 1 aliphatic rings. The number of pyridine rings is 1. The third-order valence-corrected chi connectivity index (χ3v) is 6.98. The van der Waals surface area contributed by atoms with Gasteiger partial charge in [-0.3, -0.25) is 4.48 Å². The van der Waals surface area contributed by atoms with E-state index in [2.05, 4.69) is 54.9 Å². The van der Waals surface area contributed by atoms with E-state index in [1.165, 1.54) is 5.69 Å². The molecule has 0 amide bonds. The van der Waals surface area contributed by atoms with Gasteiger partial charge in [0.1, 0.15) is 12.1 Å². The molecule has 3 N–H and O–H groups in total. The molecule has 3 aromatic rings. The number of fused-ring (bicyclic) bond motifs is 1. The van der Waals surface area contributed by atoms with Gasteiger partial charge in [0.2, 0.25) is 0 Å². The van der Waals surface area contributed by atoms with Crippen LogP contribution in [0.2, 0.25) is 0 Å². The zero-order chi connectivity index (χ0) is 22.9. The van der Waals surface area contributed by atoms with Crippen molar-refractivity contribution in [2.24, 2.45) is 0 Å². The number of rotatable bonds is 7. The van der Waals surface area contributed by atoms with Gasteiger partial charge in [-0.1, -0.05) is 0 Å². The number of hydrogen-bond donors (Lipinski definition) is 2. The van der Waals surface area contributed by atoms with Crippen molar-refractivity contribution in [2.45, 2.75) is 38.8 Å². The van der Waals surface area contributed by atoms with Gasteiger partial charge in [-0.15, -0.1) is 0 Å².